The molecular weight excluding hydrogens is 256 g/mol. The maximum absolute atomic E-state index is 5.91. The van der Waals surface area contributed by atoms with E-state index in [-0.39, 0.29) is 10.6 Å². The normalized spacial score (nSPS) is 20.2. The van der Waals surface area contributed by atoms with Gasteiger partial charge in [-0.25, -0.2) is 0 Å². The van der Waals surface area contributed by atoms with Gasteiger partial charge < -0.3 is 4.42 Å². The molecule has 2 atom stereocenters. The number of aromatic nitrogens is 2. The number of benzene rings is 1. The second kappa shape index (κ2) is 4.35. The van der Waals surface area contributed by atoms with Crippen molar-refractivity contribution in [3.8, 4) is 0 Å². The lowest BCUT2D eigenvalue weighted by atomic mass is 10.1. The number of hydrogen-bond donors (Lipinski definition) is 0. The van der Waals surface area contributed by atoms with Gasteiger partial charge in [-0.3, -0.25) is 0 Å². The predicted octanol–water partition coefficient (Wildman–Crippen LogP) is 3.76. The summed E-state index contributed by atoms with van der Waals surface area (Å²) < 4.78 is 5.59. The van der Waals surface area contributed by atoms with Crippen LogP contribution < -0.4 is 0 Å². The molecule has 2 unspecified atom stereocenters. The van der Waals surface area contributed by atoms with Crippen LogP contribution >= 0.6 is 23.4 Å². The zero-order chi connectivity index (χ0) is 11.8. The summed E-state index contributed by atoms with van der Waals surface area (Å²) in [5.74, 6) is 1.17. The van der Waals surface area contributed by atoms with Crippen molar-refractivity contribution in [1.82, 2.24) is 10.2 Å². The van der Waals surface area contributed by atoms with Crippen molar-refractivity contribution in [1.29, 1.82) is 0 Å². The minimum absolute atomic E-state index is 0.226. The Morgan fingerprint density at radius 2 is 2.24 bits per heavy atom. The topological polar surface area (TPSA) is 38.9 Å². The lowest BCUT2D eigenvalue weighted by Gasteiger charge is -2.01. The monoisotopic (exact) mass is 266 g/mol. The van der Waals surface area contributed by atoms with Crippen LogP contribution in [0.4, 0.5) is 0 Å². The first-order chi connectivity index (χ1) is 8.24. The van der Waals surface area contributed by atoms with Crippen molar-refractivity contribution in [3.63, 3.8) is 0 Å². The molecule has 0 saturated carbocycles. The molecule has 1 aromatic carbocycles. The highest BCUT2D eigenvalue weighted by Crippen LogP contribution is 2.45. The van der Waals surface area contributed by atoms with Crippen molar-refractivity contribution in [2.45, 2.75) is 28.9 Å². The molecule has 0 fully saturated rings. The van der Waals surface area contributed by atoms with Crippen LogP contribution in [0.25, 0.3) is 0 Å². The highest BCUT2D eigenvalue weighted by Gasteiger charge is 2.28. The van der Waals surface area contributed by atoms with E-state index in [2.05, 4.69) is 28.4 Å². The number of hydrogen-bond acceptors (Lipinski definition) is 4. The molecule has 0 amide bonds. The Morgan fingerprint density at radius 1 is 1.41 bits per heavy atom. The van der Waals surface area contributed by atoms with E-state index < -0.39 is 0 Å². The molecule has 1 aliphatic rings. The van der Waals surface area contributed by atoms with Gasteiger partial charge in [0.2, 0.25) is 11.8 Å². The van der Waals surface area contributed by atoms with Gasteiger partial charge in [-0.1, -0.05) is 18.2 Å². The van der Waals surface area contributed by atoms with E-state index in [1.807, 2.05) is 13.0 Å². The summed E-state index contributed by atoms with van der Waals surface area (Å²) in [5, 5.41) is 8.04. The Balaban J connectivity index is 1.84. The molecule has 2 aromatic rings. The van der Waals surface area contributed by atoms with Crippen molar-refractivity contribution in [2.24, 2.45) is 0 Å². The second-order valence-corrected chi connectivity index (χ2v) is 5.91. The molecule has 1 aliphatic heterocycles. The Kier molecular flexibility index (Phi) is 2.84. The summed E-state index contributed by atoms with van der Waals surface area (Å²) in [6.45, 7) is 1.83. The van der Waals surface area contributed by atoms with Gasteiger partial charge in [0.15, 0.2) is 0 Å². The zero-order valence-corrected chi connectivity index (χ0v) is 10.8. The first-order valence-electron chi connectivity index (χ1n) is 5.46. The molecule has 0 bridgehead atoms. The Bertz CT molecular complexity index is 516. The van der Waals surface area contributed by atoms with Crippen LogP contribution in [0.2, 0.25) is 0 Å². The highest BCUT2D eigenvalue weighted by atomic mass is 35.5. The molecule has 17 heavy (non-hydrogen) atoms. The van der Waals surface area contributed by atoms with E-state index in [0.717, 1.165) is 6.42 Å². The highest BCUT2D eigenvalue weighted by molar-refractivity contribution is 7.99. The van der Waals surface area contributed by atoms with Crippen molar-refractivity contribution >= 4 is 23.4 Å². The van der Waals surface area contributed by atoms with Gasteiger partial charge in [-0.15, -0.1) is 33.6 Å². The minimum Gasteiger partial charge on any atom is -0.422 e. The largest absolute Gasteiger partial charge is 0.422 e. The summed E-state index contributed by atoms with van der Waals surface area (Å²) in [4.78, 5) is 1.30. The molecule has 88 valence electrons. The Labute approximate surface area is 109 Å². The van der Waals surface area contributed by atoms with Gasteiger partial charge in [0.05, 0.1) is 5.25 Å². The molecule has 0 N–H and O–H groups in total. The van der Waals surface area contributed by atoms with E-state index in [1.54, 1.807) is 11.8 Å². The van der Waals surface area contributed by atoms with Gasteiger partial charge in [-0.05, 0) is 25.0 Å². The standard InChI is InChI=1S/C12H11ClN2OS/c1-7(13)11-14-15-12(16-11)10-6-8-4-2-3-5-9(8)17-10/h2-5,7,10H,6H2,1H3. The molecule has 0 spiro atoms. The molecule has 3 rings (SSSR count). The van der Waals surface area contributed by atoms with Gasteiger partial charge in [-0.2, -0.15) is 0 Å². The first kappa shape index (κ1) is 11.1. The van der Waals surface area contributed by atoms with E-state index in [4.69, 9.17) is 16.0 Å². The van der Waals surface area contributed by atoms with Crippen LogP contribution in [-0.2, 0) is 6.42 Å². The number of halogens is 1. The van der Waals surface area contributed by atoms with Crippen LogP contribution in [0.3, 0.4) is 0 Å². The summed E-state index contributed by atoms with van der Waals surface area (Å²) in [6.07, 6.45) is 0.944. The third-order valence-electron chi connectivity index (χ3n) is 2.72. The summed E-state index contributed by atoms with van der Waals surface area (Å²) in [7, 11) is 0. The van der Waals surface area contributed by atoms with Crippen molar-refractivity contribution in [2.75, 3.05) is 0 Å². The number of rotatable bonds is 2. The number of nitrogens with zero attached hydrogens (tertiary/aromatic N) is 2. The van der Waals surface area contributed by atoms with E-state index in [1.165, 1.54) is 10.5 Å². The van der Waals surface area contributed by atoms with Gasteiger partial charge >= 0.3 is 0 Å². The van der Waals surface area contributed by atoms with Crippen LogP contribution in [0.5, 0.6) is 0 Å². The molecule has 3 nitrogen and oxygen atoms in total. The smallest absolute Gasteiger partial charge is 0.234 e. The lowest BCUT2D eigenvalue weighted by molar-refractivity contribution is 0.447. The third kappa shape index (κ3) is 2.07. The van der Waals surface area contributed by atoms with Crippen LogP contribution in [0, 0.1) is 0 Å². The SMILES string of the molecule is CC(Cl)c1nnc(C2Cc3ccccc3S2)o1. The lowest BCUT2D eigenvalue weighted by Crippen LogP contribution is -1.92. The van der Waals surface area contributed by atoms with E-state index >= 15 is 0 Å². The maximum atomic E-state index is 5.91. The number of thioether (sulfide) groups is 1. The molecule has 0 radical (unpaired) electrons. The Morgan fingerprint density at radius 3 is 2.94 bits per heavy atom. The van der Waals surface area contributed by atoms with Crippen LogP contribution in [0.15, 0.2) is 33.6 Å². The quantitative estimate of drug-likeness (QED) is 0.776. The first-order valence-corrected chi connectivity index (χ1v) is 6.77. The second-order valence-electron chi connectivity index (χ2n) is 4.01. The van der Waals surface area contributed by atoms with Gasteiger partial charge in [0.25, 0.3) is 0 Å². The van der Waals surface area contributed by atoms with Crippen molar-refractivity contribution in [3.05, 3.63) is 41.6 Å². The summed E-state index contributed by atoms with van der Waals surface area (Å²) in [6, 6.07) is 8.38. The Hall–Kier alpha value is -1.00. The number of fused-ring (bicyclic) bond motifs is 1. The van der Waals surface area contributed by atoms with Crippen molar-refractivity contribution < 1.29 is 4.42 Å². The third-order valence-corrected chi connectivity index (χ3v) is 4.21. The van der Waals surface area contributed by atoms with Gasteiger partial charge in [0.1, 0.15) is 5.38 Å². The fourth-order valence-electron chi connectivity index (χ4n) is 1.86. The molecule has 5 heteroatoms. The minimum atomic E-state index is -0.231. The van der Waals surface area contributed by atoms with Crippen LogP contribution in [-0.4, -0.2) is 10.2 Å². The zero-order valence-electron chi connectivity index (χ0n) is 9.26. The molecule has 0 saturated heterocycles. The van der Waals surface area contributed by atoms with Gasteiger partial charge in [0, 0.05) is 4.90 Å². The fourth-order valence-corrected chi connectivity index (χ4v) is 3.17. The van der Waals surface area contributed by atoms with E-state index in [9.17, 15) is 0 Å². The summed E-state index contributed by atoms with van der Waals surface area (Å²) >= 11 is 7.68. The average molecular weight is 267 g/mol. The molecule has 2 heterocycles. The predicted molar refractivity (Wildman–Crippen MR) is 67.3 cm³/mol. The average Bonchev–Trinajstić information content (AvgIpc) is 2.95. The maximum Gasteiger partial charge on any atom is 0.234 e. The number of alkyl halides is 1. The van der Waals surface area contributed by atoms with E-state index in [0.29, 0.717) is 11.8 Å². The molecule has 1 aromatic heterocycles. The molecular formula is C12H11ClN2OS. The summed E-state index contributed by atoms with van der Waals surface area (Å²) in [5.41, 5.74) is 1.35. The van der Waals surface area contributed by atoms with Crippen LogP contribution in [0.1, 0.15) is 34.9 Å². The molecule has 0 aliphatic carbocycles. The fraction of sp³-hybridized carbons (Fsp3) is 0.333.